The molecule has 120 valence electrons. The number of benzene rings is 1. The highest BCUT2D eigenvalue weighted by atomic mass is 16.5. The van der Waals surface area contributed by atoms with Crippen molar-refractivity contribution < 1.29 is 9.53 Å². The highest BCUT2D eigenvalue weighted by Crippen LogP contribution is 2.27. The van der Waals surface area contributed by atoms with Gasteiger partial charge in [0.15, 0.2) is 0 Å². The number of hydrogen-bond donors (Lipinski definition) is 0. The second kappa shape index (κ2) is 6.77. The zero-order chi connectivity index (χ0) is 16.2. The molecule has 3 rings (SSSR count). The average Bonchev–Trinajstić information content (AvgIpc) is 3.09. The number of anilines is 1. The summed E-state index contributed by atoms with van der Waals surface area (Å²) in [5.41, 5.74) is 2.68. The third-order valence-electron chi connectivity index (χ3n) is 3.99. The summed E-state index contributed by atoms with van der Waals surface area (Å²) in [6.45, 7) is 5.91. The highest BCUT2D eigenvalue weighted by Gasteiger charge is 2.23. The summed E-state index contributed by atoms with van der Waals surface area (Å²) in [6, 6.07) is 9.74. The van der Waals surface area contributed by atoms with Crippen molar-refractivity contribution in [1.29, 1.82) is 0 Å². The van der Waals surface area contributed by atoms with Gasteiger partial charge in [-0.3, -0.25) is 0 Å². The predicted molar refractivity (Wildman–Crippen MR) is 89.6 cm³/mol. The van der Waals surface area contributed by atoms with Gasteiger partial charge in [-0.2, -0.15) is 0 Å². The van der Waals surface area contributed by atoms with Gasteiger partial charge in [0.1, 0.15) is 5.56 Å². The predicted octanol–water partition coefficient (Wildman–Crippen LogP) is 3.23. The van der Waals surface area contributed by atoms with Gasteiger partial charge in [-0.05, 0) is 26.7 Å². The van der Waals surface area contributed by atoms with E-state index in [1.54, 1.807) is 6.92 Å². The Morgan fingerprint density at radius 2 is 1.87 bits per heavy atom. The molecule has 2 heterocycles. The van der Waals surface area contributed by atoms with Crippen LogP contribution in [0.2, 0.25) is 0 Å². The zero-order valence-electron chi connectivity index (χ0n) is 13.6. The summed E-state index contributed by atoms with van der Waals surface area (Å²) in [6.07, 6.45) is 2.31. The Kier molecular flexibility index (Phi) is 4.55. The number of aromatic nitrogens is 2. The second-order valence-corrected chi connectivity index (χ2v) is 5.61. The number of nitrogens with zero attached hydrogens (tertiary/aromatic N) is 3. The molecule has 1 saturated heterocycles. The summed E-state index contributed by atoms with van der Waals surface area (Å²) in [7, 11) is 0. The summed E-state index contributed by atoms with van der Waals surface area (Å²) in [5.74, 6) is 0.337. The number of carbonyl (C=O) groups excluding carboxylic acids is 1. The lowest BCUT2D eigenvalue weighted by Crippen LogP contribution is -2.22. The fourth-order valence-corrected chi connectivity index (χ4v) is 2.87. The van der Waals surface area contributed by atoms with Crippen LogP contribution >= 0.6 is 0 Å². The van der Waals surface area contributed by atoms with Crippen LogP contribution in [0.1, 0.15) is 35.8 Å². The maximum atomic E-state index is 12.4. The molecule has 0 bridgehead atoms. The quantitative estimate of drug-likeness (QED) is 0.811. The standard InChI is InChI=1S/C18H21N3O2/c1-3-23-17(22)15-13(2)19-18(21-11-7-8-12-21)20-16(15)14-9-5-4-6-10-14/h4-6,9-10H,3,7-8,11-12H2,1-2H3. The van der Waals surface area contributed by atoms with E-state index in [4.69, 9.17) is 9.72 Å². The van der Waals surface area contributed by atoms with Crippen LogP contribution in [0.25, 0.3) is 11.3 Å². The van der Waals surface area contributed by atoms with Crippen LogP contribution in [0, 0.1) is 6.92 Å². The fourth-order valence-electron chi connectivity index (χ4n) is 2.87. The molecule has 5 nitrogen and oxygen atoms in total. The Balaban J connectivity index is 2.12. The molecule has 2 aromatic rings. The van der Waals surface area contributed by atoms with Crippen molar-refractivity contribution >= 4 is 11.9 Å². The van der Waals surface area contributed by atoms with Crippen LogP contribution in [0.15, 0.2) is 30.3 Å². The summed E-state index contributed by atoms with van der Waals surface area (Å²) >= 11 is 0. The van der Waals surface area contributed by atoms with Gasteiger partial charge in [0, 0.05) is 18.7 Å². The first-order chi connectivity index (χ1) is 11.2. The van der Waals surface area contributed by atoms with Crippen molar-refractivity contribution in [3.05, 3.63) is 41.6 Å². The van der Waals surface area contributed by atoms with E-state index >= 15 is 0 Å². The minimum Gasteiger partial charge on any atom is -0.462 e. The number of rotatable bonds is 4. The average molecular weight is 311 g/mol. The molecule has 23 heavy (non-hydrogen) atoms. The van der Waals surface area contributed by atoms with Gasteiger partial charge < -0.3 is 9.64 Å². The van der Waals surface area contributed by atoms with Crippen LogP contribution in [0.5, 0.6) is 0 Å². The molecule has 1 aliphatic heterocycles. The molecule has 0 spiro atoms. The fraction of sp³-hybridized carbons (Fsp3) is 0.389. The molecule has 0 aliphatic carbocycles. The minimum atomic E-state index is -0.364. The van der Waals surface area contributed by atoms with Crippen LogP contribution in [0.3, 0.4) is 0 Å². The summed E-state index contributed by atoms with van der Waals surface area (Å²) in [4.78, 5) is 23.8. The highest BCUT2D eigenvalue weighted by molar-refractivity contribution is 5.97. The largest absolute Gasteiger partial charge is 0.462 e. The van der Waals surface area contributed by atoms with Gasteiger partial charge >= 0.3 is 5.97 Å². The Labute approximate surface area is 136 Å². The van der Waals surface area contributed by atoms with Crippen LogP contribution in [-0.4, -0.2) is 35.6 Å². The van der Waals surface area contributed by atoms with E-state index in [9.17, 15) is 4.79 Å². The maximum absolute atomic E-state index is 12.4. The molecule has 5 heteroatoms. The van der Waals surface area contributed by atoms with Gasteiger partial charge in [0.25, 0.3) is 0 Å². The molecule has 1 aliphatic rings. The molecular weight excluding hydrogens is 290 g/mol. The molecule has 0 amide bonds. The van der Waals surface area contributed by atoms with E-state index in [0.717, 1.165) is 31.5 Å². The number of aryl methyl sites for hydroxylation is 1. The Morgan fingerprint density at radius 1 is 1.17 bits per heavy atom. The second-order valence-electron chi connectivity index (χ2n) is 5.61. The van der Waals surface area contributed by atoms with E-state index in [1.807, 2.05) is 37.3 Å². The molecule has 1 aromatic heterocycles. The number of hydrogen-bond acceptors (Lipinski definition) is 5. The van der Waals surface area contributed by atoms with Crippen LogP contribution in [-0.2, 0) is 4.74 Å². The van der Waals surface area contributed by atoms with Gasteiger partial charge in [-0.1, -0.05) is 30.3 Å². The van der Waals surface area contributed by atoms with E-state index in [2.05, 4.69) is 9.88 Å². The van der Waals surface area contributed by atoms with Crippen molar-refractivity contribution in [3.8, 4) is 11.3 Å². The van der Waals surface area contributed by atoms with Crippen molar-refractivity contribution in [2.75, 3.05) is 24.6 Å². The maximum Gasteiger partial charge on any atom is 0.342 e. The van der Waals surface area contributed by atoms with Gasteiger partial charge in [0.05, 0.1) is 18.0 Å². The van der Waals surface area contributed by atoms with Crippen molar-refractivity contribution in [2.45, 2.75) is 26.7 Å². The minimum absolute atomic E-state index is 0.334. The first-order valence-corrected chi connectivity index (χ1v) is 8.07. The van der Waals surface area contributed by atoms with Crippen molar-refractivity contribution in [2.24, 2.45) is 0 Å². The molecule has 0 saturated carbocycles. The SMILES string of the molecule is CCOC(=O)c1c(C)nc(N2CCCC2)nc1-c1ccccc1. The third-order valence-corrected chi connectivity index (χ3v) is 3.99. The molecule has 1 fully saturated rings. The molecule has 0 radical (unpaired) electrons. The molecule has 0 N–H and O–H groups in total. The molecule has 0 unspecified atom stereocenters. The van der Waals surface area contributed by atoms with E-state index in [1.165, 1.54) is 0 Å². The number of esters is 1. The molecular formula is C18H21N3O2. The first kappa shape index (κ1) is 15.5. The molecule has 1 aromatic carbocycles. The lowest BCUT2D eigenvalue weighted by molar-refractivity contribution is 0.0525. The zero-order valence-corrected chi connectivity index (χ0v) is 13.6. The number of carbonyl (C=O) groups is 1. The van der Waals surface area contributed by atoms with E-state index in [-0.39, 0.29) is 5.97 Å². The van der Waals surface area contributed by atoms with Gasteiger partial charge in [-0.25, -0.2) is 14.8 Å². The normalized spacial score (nSPS) is 14.1. The van der Waals surface area contributed by atoms with Crippen molar-refractivity contribution in [3.63, 3.8) is 0 Å². The van der Waals surface area contributed by atoms with Gasteiger partial charge in [0.2, 0.25) is 5.95 Å². The summed E-state index contributed by atoms with van der Waals surface area (Å²) < 4.78 is 5.20. The smallest absolute Gasteiger partial charge is 0.342 e. The first-order valence-electron chi connectivity index (χ1n) is 8.07. The Hall–Kier alpha value is -2.43. The van der Waals surface area contributed by atoms with Gasteiger partial charge in [-0.15, -0.1) is 0 Å². The lowest BCUT2D eigenvalue weighted by atomic mass is 10.0. The summed E-state index contributed by atoms with van der Waals surface area (Å²) in [5, 5.41) is 0. The monoisotopic (exact) mass is 311 g/mol. The van der Waals surface area contributed by atoms with Crippen LogP contribution < -0.4 is 4.90 Å². The van der Waals surface area contributed by atoms with Crippen LogP contribution in [0.4, 0.5) is 5.95 Å². The molecule has 0 atom stereocenters. The van der Waals surface area contributed by atoms with E-state index in [0.29, 0.717) is 29.5 Å². The number of ether oxygens (including phenoxy) is 1. The van der Waals surface area contributed by atoms with Crippen molar-refractivity contribution in [1.82, 2.24) is 9.97 Å². The Bertz CT molecular complexity index is 695. The third kappa shape index (κ3) is 3.18. The van der Waals surface area contributed by atoms with E-state index < -0.39 is 0 Å². The topological polar surface area (TPSA) is 55.3 Å². The lowest BCUT2D eigenvalue weighted by Gasteiger charge is -2.19. The Morgan fingerprint density at radius 3 is 2.52 bits per heavy atom.